The molecule has 0 saturated carbocycles. The molecule has 0 fully saturated rings. The van der Waals surface area contributed by atoms with Crippen molar-refractivity contribution in [1.82, 2.24) is 8.87 Å². The van der Waals surface area contributed by atoms with Gasteiger partial charge >= 0.3 is 6.18 Å². The summed E-state index contributed by atoms with van der Waals surface area (Å²) >= 11 is 3.35. The van der Waals surface area contributed by atoms with Crippen molar-refractivity contribution in [2.75, 3.05) is 0 Å². The number of nitrogens with one attached hydrogen (secondary N) is 1. The standard InChI is InChI=1S/C3H2BrF3N2S/c4-9-8-1-2(10-9)3(5,6)7/h1,8H. The number of alkyl halides is 3. The molecule has 1 heterocycles. The van der Waals surface area contributed by atoms with Crippen LogP contribution in [0.15, 0.2) is 11.1 Å². The second kappa shape index (κ2) is 2.63. The average molecular weight is 235 g/mol. The minimum atomic E-state index is -4.25. The van der Waals surface area contributed by atoms with Crippen molar-refractivity contribution in [2.24, 2.45) is 0 Å². The lowest BCUT2D eigenvalue weighted by atomic mass is 10.6. The Morgan fingerprint density at radius 3 is 2.40 bits per heavy atom. The third kappa shape index (κ3) is 1.80. The predicted molar refractivity (Wildman–Crippen MR) is 35.6 cm³/mol. The molecular formula is C3H2BrF3N2S. The summed E-state index contributed by atoms with van der Waals surface area (Å²) in [5, 5.41) is 0. The molecule has 0 bridgehead atoms. The molecule has 0 aromatic carbocycles. The van der Waals surface area contributed by atoms with Gasteiger partial charge in [0.1, 0.15) is 4.91 Å². The van der Waals surface area contributed by atoms with Crippen LogP contribution in [0.5, 0.6) is 0 Å². The fraction of sp³-hybridized carbons (Fsp3) is 0.333. The maximum absolute atomic E-state index is 11.8. The number of hydrogen-bond acceptors (Lipinski definition) is 3. The van der Waals surface area contributed by atoms with E-state index < -0.39 is 11.1 Å². The van der Waals surface area contributed by atoms with Crippen LogP contribution in [0.4, 0.5) is 13.2 Å². The van der Waals surface area contributed by atoms with Crippen LogP contribution in [-0.4, -0.2) is 9.62 Å². The molecule has 0 spiro atoms. The molecule has 58 valence electrons. The monoisotopic (exact) mass is 234 g/mol. The minimum absolute atomic E-state index is 0.547. The van der Waals surface area contributed by atoms with Crippen LogP contribution in [0.25, 0.3) is 0 Å². The Bertz CT molecular complexity index is 168. The lowest BCUT2D eigenvalue weighted by Gasteiger charge is -2.05. The Morgan fingerprint density at radius 2 is 2.20 bits per heavy atom. The van der Waals surface area contributed by atoms with Crippen molar-refractivity contribution in [3.8, 4) is 0 Å². The van der Waals surface area contributed by atoms with Crippen LogP contribution in [0.2, 0.25) is 0 Å². The van der Waals surface area contributed by atoms with Crippen LogP contribution in [0, 0.1) is 0 Å². The van der Waals surface area contributed by atoms with Crippen molar-refractivity contribution in [3.05, 3.63) is 11.1 Å². The first-order chi connectivity index (χ1) is 4.50. The fourth-order valence-corrected chi connectivity index (χ4v) is 1.44. The van der Waals surface area contributed by atoms with Gasteiger partial charge in [0.15, 0.2) is 0 Å². The zero-order chi connectivity index (χ0) is 7.78. The molecule has 7 heteroatoms. The maximum Gasteiger partial charge on any atom is 0.425 e. The molecule has 0 aliphatic carbocycles. The first-order valence-corrected chi connectivity index (χ1v) is 3.66. The van der Waals surface area contributed by atoms with Gasteiger partial charge in [0.05, 0.1) is 0 Å². The molecule has 0 aromatic heterocycles. The lowest BCUT2D eigenvalue weighted by Crippen LogP contribution is -2.09. The average Bonchev–Trinajstić information content (AvgIpc) is 2.11. The molecule has 10 heavy (non-hydrogen) atoms. The molecule has 1 aliphatic rings. The Balaban J connectivity index is 2.60. The van der Waals surface area contributed by atoms with Crippen LogP contribution in [0.1, 0.15) is 0 Å². The highest BCUT2D eigenvalue weighted by molar-refractivity contribution is 9.09. The van der Waals surface area contributed by atoms with Crippen LogP contribution in [0.3, 0.4) is 0 Å². The summed E-state index contributed by atoms with van der Waals surface area (Å²) < 4.78 is 36.4. The largest absolute Gasteiger partial charge is 0.425 e. The van der Waals surface area contributed by atoms with Crippen LogP contribution in [-0.2, 0) is 0 Å². The minimum Gasteiger partial charge on any atom is -0.305 e. The summed E-state index contributed by atoms with van der Waals surface area (Å²) in [5.41, 5.74) is 2.31. The van der Waals surface area contributed by atoms with Crippen molar-refractivity contribution >= 4 is 28.1 Å². The first kappa shape index (κ1) is 8.22. The van der Waals surface area contributed by atoms with Gasteiger partial charge in [-0.2, -0.15) is 13.2 Å². The predicted octanol–water partition coefficient (Wildman–Crippen LogP) is 2.17. The van der Waals surface area contributed by atoms with E-state index >= 15 is 0 Å². The number of nitrogens with zero attached hydrogens (tertiary/aromatic N) is 1. The maximum atomic E-state index is 11.8. The molecule has 0 atom stereocenters. The van der Waals surface area contributed by atoms with Crippen LogP contribution < -0.4 is 5.43 Å². The normalized spacial score (nSPS) is 20.6. The van der Waals surface area contributed by atoms with Gasteiger partial charge in [-0.25, -0.2) is 0 Å². The molecule has 1 aliphatic heterocycles. The Hall–Kier alpha value is 0.120. The molecule has 0 amide bonds. The molecule has 0 saturated heterocycles. The highest BCUT2D eigenvalue weighted by Gasteiger charge is 2.38. The molecule has 0 radical (unpaired) electrons. The zero-order valence-electron chi connectivity index (χ0n) is 4.44. The Kier molecular flexibility index (Phi) is 2.16. The van der Waals surface area contributed by atoms with E-state index in [1.807, 2.05) is 0 Å². The van der Waals surface area contributed by atoms with E-state index in [2.05, 4.69) is 21.6 Å². The van der Waals surface area contributed by atoms with Gasteiger partial charge < -0.3 is 5.43 Å². The van der Waals surface area contributed by atoms with Gasteiger partial charge in [-0.05, 0) is 11.9 Å². The summed E-state index contributed by atoms with van der Waals surface area (Å²) in [6.07, 6.45) is -3.36. The van der Waals surface area contributed by atoms with E-state index in [0.29, 0.717) is 11.9 Å². The second-order valence-electron chi connectivity index (χ2n) is 1.47. The van der Waals surface area contributed by atoms with Crippen LogP contribution >= 0.6 is 28.1 Å². The topological polar surface area (TPSA) is 15.3 Å². The fourth-order valence-electron chi connectivity index (χ4n) is 0.382. The highest BCUT2D eigenvalue weighted by atomic mass is 79.9. The molecule has 0 unspecified atom stereocenters. The summed E-state index contributed by atoms with van der Waals surface area (Å²) in [5.74, 6) is 0. The molecular weight excluding hydrogens is 233 g/mol. The number of allylic oxidation sites excluding steroid dienone is 1. The number of rotatable bonds is 0. The van der Waals surface area contributed by atoms with E-state index in [0.717, 1.165) is 9.64 Å². The van der Waals surface area contributed by atoms with Crippen molar-refractivity contribution in [1.29, 1.82) is 0 Å². The Morgan fingerprint density at radius 1 is 1.60 bits per heavy atom. The number of hydrazine groups is 1. The van der Waals surface area contributed by atoms with Gasteiger partial charge in [-0.3, -0.25) is 0 Å². The Labute approximate surface area is 67.9 Å². The summed E-state index contributed by atoms with van der Waals surface area (Å²) in [7, 11) is 0. The van der Waals surface area contributed by atoms with Gasteiger partial charge in [0, 0.05) is 22.3 Å². The summed E-state index contributed by atoms with van der Waals surface area (Å²) in [6, 6.07) is 0. The third-order valence-corrected chi connectivity index (χ3v) is 2.21. The van der Waals surface area contributed by atoms with Crippen molar-refractivity contribution in [3.63, 3.8) is 0 Å². The zero-order valence-corrected chi connectivity index (χ0v) is 6.85. The smallest absolute Gasteiger partial charge is 0.305 e. The van der Waals surface area contributed by atoms with E-state index in [1.165, 1.54) is 0 Å². The number of halogens is 4. The van der Waals surface area contributed by atoms with E-state index in [4.69, 9.17) is 0 Å². The van der Waals surface area contributed by atoms with Gasteiger partial charge in [0.2, 0.25) is 0 Å². The third-order valence-electron chi connectivity index (χ3n) is 0.755. The van der Waals surface area contributed by atoms with Gasteiger partial charge in [-0.1, -0.05) is 3.44 Å². The van der Waals surface area contributed by atoms with Crippen molar-refractivity contribution in [2.45, 2.75) is 6.18 Å². The molecule has 0 aromatic rings. The number of hydrogen-bond donors (Lipinski definition) is 1. The van der Waals surface area contributed by atoms with Gasteiger partial charge in [0.25, 0.3) is 0 Å². The second-order valence-corrected chi connectivity index (χ2v) is 3.64. The van der Waals surface area contributed by atoms with Gasteiger partial charge in [-0.15, -0.1) is 0 Å². The molecule has 1 N–H and O–H groups in total. The van der Waals surface area contributed by atoms with Crippen molar-refractivity contribution < 1.29 is 13.2 Å². The first-order valence-electron chi connectivity index (χ1n) is 2.17. The summed E-state index contributed by atoms with van der Waals surface area (Å²) in [4.78, 5) is -0.663. The van der Waals surface area contributed by atoms with E-state index in [-0.39, 0.29) is 0 Å². The molecule has 2 nitrogen and oxygen atoms in total. The van der Waals surface area contributed by atoms with E-state index in [9.17, 15) is 13.2 Å². The lowest BCUT2D eigenvalue weighted by molar-refractivity contribution is -0.0836. The van der Waals surface area contributed by atoms with E-state index in [1.54, 1.807) is 0 Å². The molecule has 1 rings (SSSR count). The SMILES string of the molecule is FC(F)(F)C1=CNN(Br)S1. The quantitative estimate of drug-likeness (QED) is 0.511. The highest BCUT2D eigenvalue weighted by Crippen LogP contribution is 2.39. The summed E-state index contributed by atoms with van der Waals surface area (Å²) in [6.45, 7) is 0.